The molecule has 0 spiro atoms. The van der Waals surface area contributed by atoms with Crippen molar-refractivity contribution in [2.24, 2.45) is 0 Å². The summed E-state index contributed by atoms with van der Waals surface area (Å²) in [6, 6.07) is 17.3. The maximum Gasteiger partial charge on any atom is 0.268 e. The van der Waals surface area contributed by atoms with Crippen LogP contribution in [0.4, 0.5) is 0 Å². The molecule has 7 heteroatoms. The monoisotopic (exact) mass is 446 g/mol. The molecule has 0 unspecified atom stereocenters. The molecule has 1 aromatic heterocycles. The van der Waals surface area contributed by atoms with Gasteiger partial charge in [0.05, 0.1) is 19.4 Å². The quantitative estimate of drug-likeness (QED) is 0.545. The fourth-order valence-electron chi connectivity index (χ4n) is 3.78. The van der Waals surface area contributed by atoms with E-state index in [4.69, 9.17) is 13.9 Å². The van der Waals surface area contributed by atoms with E-state index >= 15 is 0 Å². The van der Waals surface area contributed by atoms with Crippen LogP contribution in [-0.2, 0) is 4.79 Å². The molecule has 0 fully saturated rings. The summed E-state index contributed by atoms with van der Waals surface area (Å²) in [5.41, 5.74) is 0.844. The van der Waals surface area contributed by atoms with E-state index in [1.54, 1.807) is 43.5 Å². The SMILES string of the molecule is COc1ccc2c(c1)[C@@H](NC(=O)/C(=C/c1ccco1)NC(=O)c1ccccc1)CC(C)(C)O2. The van der Waals surface area contributed by atoms with E-state index in [1.807, 2.05) is 38.1 Å². The minimum absolute atomic E-state index is 0.0764. The largest absolute Gasteiger partial charge is 0.497 e. The number of benzene rings is 2. The highest BCUT2D eigenvalue weighted by atomic mass is 16.5. The van der Waals surface area contributed by atoms with Crippen LogP contribution in [0, 0.1) is 0 Å². The molecule has 2 amide bonds. The number of carbonyl (C=O) groups is 2. The van der Waals surface area contributed by atoms with Gasteiger partial charge in [0.15, 0.2) is 0 Å². The number of amides is 2. The van der Waals surface area contributed by atoms with Crippen molar-refractivity contribution in [3.63, 3.8) is 0 Å². The molecule has 0 bridgehead atoms. The van der Waals surface area contributed by atoms with Crippen LogP contribution in [0.3, 0.4) is 0 Å². The van der Waals surface area contributed by atoms with Crippen molar-refractivity contribution in [2.75, 3.05) is 7.11 Å². The minimum atomic E-state index is -0.488. The topological polar surface area (TPSA) is 89.8 Å². The zero-order chi connectivity index (χ0) is 23.4. The first kappa shape index (κ1) is 22.2. The molecule has 0 aliphatic carbocycles. The van der Waals surface area contributed by atoms with Gasteiger partial charge in [-0.1, -0.05) is 18.2 Å². The van der Waals surface area contributed by atoms with Gasteiger partial charge in [-0.05, 0) is 56.3 Å². The number of furan rings is 1. The second-order valence-electron chi connectivity index (χ2n) is 8.39. The predicted octanol–water partition coefficient (Wildman–Crippen LogP) is 4.48. The standard InChI is InChI=1S/C26H26N2O5/c1-26(2)16-22(20-14-18(31-3)11-12-23(20)33-26)28-25(30)21(15-19-10-7-13-32-19)27-24(29)17-8-5-4-6-9-17/h4-15,22H,16H2,1-3H3,(H,27,29)(H,28,30)/b21-15-/t22-/m0/s1. The smallest absolute Gasteiger partial charge is 0.268 e. The second-order valence-corrected chi connectivity index (χ2v) is 8.39. The lowest BCUT2D eigenvalue weighted by Crippen LogP contribution is -2.43. The second kappa shape index (κ2) is 9.24. The highest BCUT2D eigenvalue weighted by Gasteiger charge is 2.35. The molecule has 7 nitrogen and oxygen atoms in total. The van der Waals surface area contributed by atoms with E-state index in [0.717, 1.165) is 5.56 Å². The molecule has 1 aliphatic rings. The summed E-state index contributed by atoms with van der Waals surface area (Å²) < 4.78 is 16.8. The fraction of sp³-hybridized carbons (Fsp3) is 0.231. The Labute approximate surface area is 192 Å². The number of nitrogens with one attached hydrogen (secondary N) is 2. The van der Waals surface area contributed by atoms with Crippen LogP contribution < -0.4 is 20.1 Å². The molecule has 2 N–H and O–H groups in total. The van der Waals surface area contributed by atoms with Crippen molar-refractivity contribution in [3.8, 4) is 11.5 Å². The lowest BCUT2D eigenvalue weighted by molar-refractivity contribution is -0.119. The van der Waals surface area contributed by atoms with E-state index in [0.29, 0.717) is 29.2 Å². The Hall–Kier alpha value is -4.00. The summed E-state index contributed by atoms with van der Waals surface area (Å²) in [6.45, 7) is 3.94. The third-order valence-corrected chi connectivity index (χ3v) is 5.34. The van der Waals surface area contributed by atoms with E-state index in [-0.39, 0.29) is 11.7 Å². The molecule has 0 radical (unpaired) electrons. The molecular formula is C26H26N2O5. The summed E-state index contributed by atoms with van der Waals surface area (Å²) >= 11 is 0. The van der Waals surface area contributed by atoms with Gasteiger partial charge in [0, 0.05) is 23.6 Å². The normalized spacial score (nSPS) is 16.8. The summed E-state index contributed by atoms with van der Waals surface area (Å²) in [5.74, 6) is 0.968. The Morgan fingerprint density at radius 1 is 1.09 bits per heavy atom. The summed E-state index contributed by atoms with van der Waals surface area (Å²) in [6.07, 6.45) is 3.55. The van der Waals surface area contributed by atoms with Crippen molar-refractivity contribution < 1.29 is 23.5 Å². The van der Waals surface area contributed by atoms with E-state index in [2.05, 4.69) is 10.6 Å². The highest BCUT2D eigenvalue weighted by molar-refractivity contribution is 6.05. The molecule has 4 rings (SSSR count). The Balaban J connectivity index is 1.62. The zero-order valence-corrected chi connectivity index (χ0v) is 18.8. The number of hydrogen-bond donors (Lipinski definition) is 2. The molecular weight excluding hydrogens is 420 g/mol. The van der Waals surface area contributed by atoms with Gasteiger partial charge in [-0.3, -0.25) is 9.59 Å². The number of carbonyl (C=O) groups excluding carboxylic acids is 2. The molecule has 3 aromatic rings. The molecule has 0 saturated heterocycles. The van der Waals surface area contributed by atoms with Gasteiger partial charge >= 0.3 is 0 Å². The molecule has 33 heavy (non-hydrogen) atoms. The van der Waals surface area contributed by atoms with Gasteiger partial charge < -0.3 is 24.5 Å². The number of hydrogen-bond acceptors (Lipinski definition) is 5. The number of rotatable bonds is 6. The summed E-state index contributed by atoms with van der Waals surface area (Å²) in [7, 11) is 1.59. The zero-order valence-electron chi connectivity index (χ0n) is 18.8. The first-order chi connectivity index (χ1) is 15.8. The van der Waals surface area contributed by atoms with Crippen LogP contribution in [0.1, 0.15) is 48.0 Å². The van der Waals surface area contributed by atoms with Crippen LogP contribution in [-0.4, -0.2) is 24.5 Å². The maximum atomic E-state index is 13.4. The molecule has 1 atom stereocenters. The van der Waals surface area contributed by atoms with Gasteiger partial charge in [-0.25, -0.2) is 0 Å². The van der Waals surface area contributed by atoms with E-state index in [9.17, 15) is 9.59 Å². The van der Waals surface area contributed by atoms with Crippen LogP contribution in [0.15, 0.2) is 77.0 Å². The van der Waals surface area contributed by atoms with Crippen LogP contribution >= 0.6 is 0 Å². The average molecular weight is 447 g/mol. The number of methoxy groups -OCH3 is 1. The maximum absolute atomic E-state index is 13.4. The van der Waals surface area contributed by atoms with Gasteiger partial charge in [0.1, 0.15) is 28.6 Å². The van der Waals surface area contributed by atoms with Crippen molar-refractivity contribution in [1.82, 2.24) is 10.6 Å². The van der Waals surface area contributed by atoms with Gasteiger partial charge in [-0.15, -0.1) is 0 Å². The van der Waals surface area contributed by atoms with Crippen LogP contribution in [0.25, 0.3) is 6.08 Å². The van der Waals surface area contributed by atoms with Gasteiger partial charge in [-0.2, -0.15) is 0 Å². The van der Waals surface area contributed by atoms with Crippen molar-refractivity contribution >= 4 is 17.9 Å². The molecule has 2 heterocycles. The predicted molar refractivity (Wildman–Crippen MR) is 124 cm³/mol. The van der Waals surface area contributed by atoms with E-state index in [1.165, 1.54) is 12.3 Å². The van der Waals surface area contributed by atoms with Crippen molar-refractivity contribution in [2.45, 2.75) is 31.9 Å². The molecule has 0 saturated carbocycles. The lowest BCUT2D eigenvalue weighted by Gasteiger charge is -2.38. The van der Waals surface area contributed by atoms with Gasteiger partial charge in [0.25, 0.3) is 11.8 Å². The van der Waals surface area contributed by atoms with Gasteiger partial charge in [0.2, 0.25) is 0 Å². The first-order valence-electron chi connectivity index (χ1n) is 10.6. The third kappa shape index (κ3) is 5.26. The third-order valence-electron chi connectivity index (χ3n) is 5.34. The minimum Gasteiger partial charge on any atom is -0.497 e. The van der Waals surface area contributed by atoms with Crippen LogP contribution in [0.5, 0.6) is 11.5 Å². The number of fused-ring (bicyclic) bond motifs is 1. The number of ether oxygens (including phenoxy) is 2. The Bertz CT molecular complexity index is 1170. The summed E-state index contributed by atoms with van der Waals surface area (Å²) in [5, 5.41) is 5.77. The molecule has 2 aromatic carbocycles. The first-order valence-corrected chi connectivity index (χ1v) is 10.6. The summed E-state index contributed by atoms with van der Waals surface area (Å²) in [4.78, 5) is 26.1. The Morgan fingerprint density at radius 2 is 1.88 bits per heavy atom. The Kier molecular flexibility index (Phi) is 6.22. The Morgan fingerprint density at radius 3 is 2.58 bits per heavy atom. The molecule has 1 aliphatic heterocycles. The highest BCUT2D eigenvalue weighted by Crippen LogP contribution is 2.41. The average Bonchev–Trinajstić information content (AvgIpc) is 3.31. The fourth-order valence-corrected chi connectivity index (χ4v) is 3.78. The van der Waals surface area contributed by atoms with Crippen molar-refractivity contribution in [3.05, 3.63) is 89.5 Å². The lowest BCUT2D eigenvalue weighted by atomic mass is 9.89. The van der Waals surface area contributed by atoms with E-state index < -0.39 is 17.4 Å². The van der Waals surface area contributed by atoms with Crippen LogP contribution in [0.2, 0.25) is 0 Å². The molecule has 170 valence electrons. The van der Waals surface area contributed by atoms with Crippen molar-refractivity contribution in [1.29, 1.82) is 0 Å².